The van der Waals surface area contributed by atoms with E-state index in [0.29, 0.717) is 27.7 Å². The maximum atomic E-state index is 12.6. The molecule has 4 rings (SSSR count). The van der Waals surface area contributed by atoms with E-state index in [-0.39, 0.29) is 23.8 Å². The number of fused-ring (bicyclic) bond motifs is 1. The molecule has 0 saturated carbocycles. The molecule has 8 nitrogen and oxygen atoms in total. The highest BCUT2D eigenvalue weighted by molar-refractivity contribution is 9.10. The number of nitrogens with one attached hydrogen (secondary N) is 1. The maximum absolute atomic E-state index is 12.6. The summed E-state index contributed by atoms with van der Waals surface area (Å²) in [6, 6.07) is 16.1. The second-order valence-electron chi connectivity index (χ2n) is 7.06. The quantitative estimate of drug-likeness (QED) is 0.233. The standard InChI is InChI=1S/C23H19BrClN3O5S/c1-2-32-21(29)13-26-23-22(27-20-12-7-17(25)14-28(20)23)15-3-8-18(9-4-15)33-34(30,31)19-10-5-16(24)6-11-19/h3-12,14,26H,2,13H2,1H3. The molecule has 0 unspecified atom stereocenters. The SMILES string of the molecule is CCOC(=O)CNc1c(-c2ccc(OS(=O)(=O)c3ccc(Br)cc3)cc2)nc2ccc(Cl)cn12. The number of halogens is 2. The predicted octanol–water partition coefficient (Wildman–Crippen LogP) is 5.16. The second-order valence-corrected chi connectivity index (χ2v) is 9.96. The van der Waals surface area contributed by atoms with E-state index in [1.165, 1.54) is 24.3 Å². The van der Waals surface area contributed by atoms with E-state index in [0.717, 1.165) is 4.47 Å². The Morgan fingerprint density at radius 2 is 1.79 bits per heavy atom. The number of ether oxygens (including phenoxy) is 1. The summed E-state index contributed by atoms with van der Waals surface area (Å²) >= 11 is 9.43. The summed E-state index contributed by atoms with van der Waals surface area (Å²) < 4.78 is 37.9. The molecule has 0 bridgehead atoms. The van der Waals surface area contributed by atoms with Crippen molar-refractivity contribution in [2.24, 2.45) is 0 Å². The zero-order chi connectivity index (χ0) is 24.3. The Morgan fingerprint density at radius 1 is 1.09 bits per heavy atom. The lowest BCUT2D eigenvalue weighted by atomic mass is 10.1. The lowest BCUT2D eigenvalue weighted by Crippen LogP contribution is -2.17. The minimum atomic E-state index is -3.98. The van der Waals surface area contributed by atoms with Crippen LogP contribution in [0, 0.1) is 0 Å². The fraction of sp³-hybridized carbons (Fsp3) is 0.130. The van der Waals surface area contributed by atoms with Gasteiger partial charge in [-0.15, -0.1) is 0 Å². The van der Waals surface area contributed by atoms with Crippen LogP contribution in [0.2, 0.25) is 5.02 Å². The number of aromatic nitrogens is 2. The molecule has 4 aromatic rings. The van der Waals surface area contributed by atoms with Crippen molar-refractivity contribution in [1.82, 2.24) is 9.38 Å². The first-order valence-corrected chi connectivity index (χ1v) is 12.7. The third kappa shape index (κ3) is 5.35. The summed E-state index contributed by atoms with van der Waals surface area (Å²) in [5.41, 5.74) is 1.84. The molecular formula is C23H19BrClN3O5S. The summed E-state index contributed by atoms with van der Waals surface area (Å²) in [6.07, 6.45) is 1.68. The summed E-state index contributed by atoms with van der Waals surface area (Å²) in [7, 11) is -3.98. The third-order valence-corrected chi connectivity index (χ3v) is 6.74. The number of imidazole rings is 1. The van der Waals surface area contributed by atoms with Gasteiger partial charge in [0.2, 0.25) is 0 Å². The van der Waals surface area contributed by atoms with Crippen molar-refractivity contribution in [1.29, 1.82) is 0 Å². The molecule has 0 saturated heterocycles. The first kappa shape index (κ1) is 24.1. The Hall–Kier alpha value is -3.08. The molecule has 34 heavy (non-hydrogen) atoms. The lowest BCUT2D eigenvalue weighted by Gasteiger charge is -2.10. The van der Waals surface area contributed by atoms with E-state index in [2.05, 4.69) is 26.2 Å². The Balaban J connectivity index is 1.63. The summed E-state index contributed by atoms with van der Waals surface area (Å²) in [5.74, 6) is 0.286. The Bertz CT molecular complexity index is 1440. The molecular weight excluding hydrogens is 546 g/mol. The number of anilines is 1. The number of nitrogens with zero attached hydrogens (tertiary/aromatic N) is 2. The molecule has 11 heteroatoms. The van der Waals surface area contributed by atoms with Crippen LogP contribution in [-0.2, 0) is 19.6 Å². The van der Waals surface area contributed by atoms with Crippen LogP contribution in [-0.4, -0.2) is 36.9 Å². The first-order valence-electron chi connectivity index (χ1n) is 10.1. The number of pyridine rings is 1. The Labute approximate surface area is 209 Å². The van der Waals surface area contributed by atoms with Crippen LogP contribution in [0.1, 0.15) is 6.92 Å². The minimum absolute atomic E-state index is 0.0439. The van der Waals surface area contributed by atoms with Crippen molar-refractivity contribution in [3.63, 3.8) is 0 Å². The average molecular weight is 565 g/mol. The van der Waals surface area contributed by atoms with Gasteiger partial charge in [0.25, 0.3) is 0 Å². The van der Waals surface area contributed by atoms with Crippen molar-refractivity contribution < 1.29 is 22.1 Å². The normalized spacial score (nSPS) is 11.4. The van der Waals surface area contributed by atoms with Gasteiger partial charge < -0.3 is 14.2 Å². The van der Waals surface area contributed by atoms with Crippen LogP contribution in [0.4, 0.5) is 5.82 Å². The molecule has 0 spiro atoms. The Kier molecular flexibility index (Phi) is 7.11. The van der Waals surface area contributed by atoms with Crippen LogP contribution in [0.25, 0.3) is 16.9 Å². The molecule has 0 aliphatic heterocycles. The molecule has 176 valence electrons. The molecule has 2 heterocycles. The van der Waals surface area contributed by atoms with Gasteiger partial charge in [0, 0.05) is 16.2 Å². The number of benzene rings is 2. The molecule has 0 atom stereocenters. The molecule has 0 radical (unpaired) electrons. The van der Waals surface area contributed by atoms with Gasteiger partial charge in [0.05, 0.1) is 11.6 Å². The van der Waals surface area contributed by atoms with Gasteiger partial charge in [0.1, 0.15) is 34.3 Å². The fourth-order valence-electron chi connectivity index (χ4n) is 3.20. The molecule has 0 amide bonds. The van der Waals surface area contributed by atoms with E-state index in [4.69, 9.17) is 20.5 Å². The molecule has 1 N–H and O–H groups in total. The summed E-state index contributed by atoms with van der Waals surface area (Å²) in [6.45, 7) is 1.95. The smallest absolute Gasteiger partial charge is 0.339 e. The van der Waals surface area contributed by atoms with Crippen LogP contribution in [0.5, 0.6) is 5.75 Å². The van der Waals surface area contributed by atoms with Gasteiger partial charge in [-0.25, -0.2) is 4.98 Å². The van der Waals surface area contributed by atoms with Crippen molar-refractivity contribution in [3.8, 4) is 17.0 Å². The number of carbonyl (C=O) groups excluding carboxylic acids is 1. The van der Waals surface area contributed by atoms with Crippen LogP contribution in [0.15, 0.2) is 76.2 Å². The number of hydrogen-bond donors (Lipinski definition) is 1. The number of hydrogen-bond acceptors (Lipinski definition) is 7. The monoisotopic (exact) mass is 563 g/mol. The van der Waals surface area contributed by atoms with Crippen molar-refractivity contribution in [3.05, 3.63) is 76.4 Å². The van der Waals surface area contributed by atoms with Crippen LogP contribution >= 0.6 is 27.5 Å². The van der Waals surface area contributed by atoms with Crippen LogP contribution < -0.4 is 9.50 Å². The summed E-state index contributed by atoms with van der Waals surface area (Å²) in [5, 5.41) is 3.56. The fourth-order valence-corrected chi connectivity index (χ4v) is 4.56. The highest BCUT2D eigenvalue weighted by atomic mass is 79.9. The van der Waals surface area contributed by atoms with Crippen molar-refractivity contribution in [2.75, 3.05) is 18.5 Å². The van der Waals surface area contributed by atoms with Gasteiger partial charge >= 0.3 is 16.1 Å². The highest BCUT2D eigenvalue weighted by Crippen LogP contribution is 2.31. The van der Waals surface area contributed by atoms with Gasteiger partial charge in [-0.3, -0.25) is 9.20 Å². The molecule has 0 aliphatic carbocycles. The zero-order valence-electron chi connectivity index (χ0n) is 17.9. The van der Waals surface area contributed by atoms with Gasteiger partial charge in [-0.1, -0.05) is 27.5 Å². The molecule has 0 fully saturated rings. The van der Waals surface area contributed by atoms with E-state index in [1.54, 1.807) is 53.9 Å². The largest absolute Gasteiger partial charge is 0.465 e. The maximum Gasteiger partial charge on any atom is 0.339 e. The highest BCUT2D eigenvalue weighted by Gasteiger charge is 2.19. The van der Waals surface area contributed by atoms with Gasteiger partial charge in [0.15, 0.2) is 0 Å². The molecule has 2 aromatic heterocycles. The van der Waals surface area contributed by atoms with E-state index < -0.39 is 16.1 Å². The lowest BCUT2D eigenvalue weighted by molar-refractivity contribution is -0.140. The minimum Gasteiger partial charge on any atom is -0.465 e. The predicted molar refractivity (Wildman–Crippen MR) is 133 cm³/mol. The topological polar surface area (TPSA) is 99.0 Å². The zero-order valence-corrected chi connectivity index (χ0v) is 21.0. The number of rotatable bonds is 8. The summed E-state index contributed by atoms with van der Waals surface area (Å²) in [4.78, 5) is 16.6. The van der Waals surface area contributed by atoms with Crippen LogP contribution in [0.3, 0.4) is 0 Å². The molecule has 0 aliphatic rings. The Morgan fingerprint density at radius 3 is 2.47 bits per heavy atom. The second kappa shape index (κ2) is 10.0. The average Bonchev–Trinajstić information content (AvgIpc) is 3.16. The van der Waals surface area contributed by atoms with Gasteiger partial charge in [-0.05, 0) is 67.6 Å². The van der Waals surface area contributed by atoms with E-state index in [9.17, 15) is 13.2 Å². The number of carbonyl (C=O) groups is 1. The number of esters is 1. The molecule has 2 aromatic carbocycles. The van der Waals surface area contributed by atoms with Gasteiger partial charge in [-0.2, -0.15) is 8.42 Å². The van der Waals surface area contributed by atoms with E-state index in [1.807, 2.05) is 0 Å². The van der Waals surface area contributed by atoms with E-state index >= 15 is 0 Å². The first-order chi connectivity index (χ1) is 16.3. The third-order valence-electron chi connectivity index (χ3n) is 4.72. The van der Waals surface area contributed by atoms with Crippen molar-refractivity contribution in [2.45, 2.75) is 11.8 Å². The van der Waals surface area contributed by atoms with Crippen molar-refractivity contribution >= 4 is 55.1 Å².